The lowest BCUT2D eigenvalue weighted by Gasteiger charge is -2.24. The van der Waals surface area contributed by atoms with Crippen molar-refractivity contribution in [2.75, 3.05) is 13.9 Å². The molecule has 0 saturated carbocycles. The van der Waals surface area contributed by atoms with Crippen molar-refractivity contribution in [3.63, 3.8) is 0 Å². The quantitative estimate of drug-likeness (QED) is 0.250. The van der Waals surface area contributed by atoms with Crippen LogP contribution in [0.1, 0.15) is 35.5 Å². The third-order valence-corrected chi connectivity index (χ3v) is 5.81. The zero-order valence-corrected chi connectivity index (χ0v) is 19.0. The second-order valence-corrected chi connectivity index (χ2v) is 8.05. The van der Waals surface area contributed by atoms with E-state index < -0.39 is 6.23 Å². The van der Waals surface area contributed by atoms with Gasteiger partial charge >= 0.3 is 0 Å². The van der Waals surface area contributed by atoms with Crippen molar-refractivity contribution in [3.8, 4) is 28.6 Å². The first-order valence-corrected chi connectivity index (χ1v) is 11.1. The largest absolute Gasteiger partial charge is 0.508 e. The Hall–Kier alpha value is -4.21. The average Bonchev–Trinajstić information content (AvgIpc) is 3.57. The highest BCUT2D eigenvalue weighted by atomic mass is 16.7. The van der Waals surface area contributed by atoms with Crippen LogP contribution in [0.2, 0.25) is 0 Å². The summed E-state index contributed by atoms with van der Waals surface area (Å²) in [5.74, 6) is 2.06. The molecule has 9 heteroatoms. The first-order valence-electron chi connectivity index (χ1n) is 11.1. The molecule has 1 aliphatic rings. The van der Waals surface area contributed by atoms with E-state index in [2.05, 4.69) is 15.5 Å². The van der Waals surface area contributed by atoms with E-state index in [1.165, 1.54) is 0 Å². The van der Waals surface area contributed by atoms with Crippen LogP contribution < -0.4 is 20.2 Å². The average molecular weight is 474 g/mol. The SMILES string of the molecule is COC(NC(CC(=[NH2+])c1cccnc1)c1ccccc1O)c1cc(-c2ccc3c(c2)OCO3)on1. The highest BCUT2D eigenvalue weighted by Gasteiger charge is 2.26. The van der Waals surface area contributed by atoms with Crippen LogP contribution in [0.15, 0.2) is 77.6 Å². The molecule has 9 nitrogen and oxygen atoms in total. The maximum absolute atomic E-state index is 10.6. The molecule has 3 heterocycles. The summed E-state index contributed by atoms with van der Waals surface area (Å²) < 4.78 is 22.1. The summed E-state index contributed by atoms with van der Waals surface area (Å²) in [6, 6.07) is 17.8. The van der Waals surface area contributed by atoms with E-state index in [0.717, 1.165) is 11.1 Å². The number of nitrogens with two attached hydrogens (primary N) is 1. The van der Waals surface area contributed by atoms with Crippen molar-refractivity contribution >= 4 is 5.71 Å². The number of rotatable bonds is 9. The van der Waals surface area contributed by atoms with E-state index in [1.54, 1.807) is 37.7 Å². The molecule has 0 saturated heterocycles. The summed E-state index contributed by atoms with van der Waals surface area (Å²) in [6.07, 6.45) is 3.17. The zero-order valence-electron chi connectivity index (χ0n) is 19.0. The lowest BCUT2D eigenvalue weighted by molar-refractivity contribution is -0.116. The minimum Gasteiger partial charge on any atom is -0.508 e. The minimum atomic E-state index is -0.632. The number of hydrogen-bond acceptors (Lipinski definition) is 8. The van der Waals surface area contributed by atoms with Gasteiger partial charge in [0.15, 0.2) is 29.2 Å². The lowest BCUT2D eigenvalue weighted by Crippen LogP contribution is -2.43. The Morgan fingerprint density at radius 1 is 1.11 bits per heavy atom. The Labute approximate surface area is 201 Å². The molecule has 0 spiro atoms. The third kappa shape index (κ3) is 4.86. The van der Waals surface area contributed by atoms with Gasteiger partial charge in [0.1, 0.15) is 11.4 Å². The number of aromatic hydroxyl groups is 1. The van der Waals surface area contributed by atoms with Gasteiger partial charge in [0.05, 0.1) is 12.0 Å². The first-order chi connectivity index (χ1) is 17.1. The summed E-state index contributed by atoms with van der Waals surface area (Å²) in [6.45, 7) is 0.197. The fraction of sp³-hybridized carbons (Fsp3) is 0.192. The monoisotopic (exact) mass is 473 g/mol. The second kappa shape index (κ2) is 9.96. The maximum atomic E-state index is 10.6. The predicted octanol–water partition coefficient (Wildman–Crippen LogP) is 2.79. The molecule has 0 fully saturated rings. The molecular weight excluding hydrogens is 448 g/mol. The van der Waals surface area contributed by atoms with Crippen molar-refractivity contribution in [1.29, 1.82) is 0 Å². The molecule has 4 N–H and O–H groups in total. The number of aromatic nitrogens is 2. The molecular formula is C26H25N4O5+. The van der Waals surface area contributed by atoms with E-state index in [0.29, 0.717) is 40.6 Å². The number of phenolic OH excluding ortho intramolecular Hbond substituents is 1. The van der Waals surface area contributed by atoms with Gasteiger partial charge in [-0.1, -0.05) is 23.4 Å². The van der Waals surface area contributed by atoms with Gasteiger partial charge in [-0.2, -0.15) is 0 Å². The molecule has 5 rings (SSSR count). The molecule has 178 valence electrons. The molecule has 4 aromatic rings. The van der Waals surface area contributed by atoms with E-state index >= 15 is 0 Å². The molecule has 2 atom stereocenters. The second-order valence-electron chi connectivity index (χ2n) is 8.05. The number of methoxy groups -OCH3 is 1. The summed E-state index contributed by atoms with van der Waals surface area (Å²) in [4.78, 5) is 4.15. The molecule has 2 aromatic heterocycles. The summed E-state index contributed by atoms with van der Waals surface area (Å²) in [5.41, 5.74) is 3.46. The summed E-state index contributed by atoms with van der Waals surface area (Å²) >= 11 is 0. The molecule has 35 heavy (non-hydrogen) atoms. The molecule has 0 radical (unpaired) electrons. The van der Waals surface area contributed by atoms with Crippen LogP contribution >= 0.6 is 0 Å². The van der Waals surface area contributed by atoms with Crippen molar-refractivity contribution in [3.05, 3.63) is 89.9 Å². The van der Waals surface area contributed by atoms with Gasteiger partial charge in [-0.05, 0) is 36.4 Å². The van der Waals surface area contributed by atoms with Crippen LogP contribution in [-0.2, 0) is 4.74 Å². The fourth-order valence-electron chi connectivity index (χ4n) is 3.99. The number of hydrogen-bond donors (Lipinski definition) is 3. The number of benzene rings is 2. The van der Waals surface area contributed by atoms with Crippen LogP contribution in [0.5, 0.6) is 17.2 Å². The fourth-order valence-corrected chi connectivity index (χ4v) is 3.99. The smallest absolute Gasteiger partial charge is 0.231 e. The van der Waals surface area contributed by atoms with Gasteiger partial charge in [0.2, 0.25) is 6.79 Å². The lowest BCUT2D eigenvalue weighted by atomic mass is 9.97. The molecule has 2 unspecified atom stereocenters. The van der Waals surface area contributed by atoms with E-state index in [9.17, 15) is 5.11 Å². The topological polar surface area (TPSA) is 124 Å². The number of fused-ring (bicyclic) bond motifs is 1. The Kier molecular flexibility index (Phi) is 6.42. The van der Waals surface area contributed by atoms with Gasteiger partial charge in [0.25, 0.3) is 0 Å². The summed E-state index contributed by atoms with van der Waals surface area (Å²) in [5, 5.41) is 24.6. The Balaban J connectivity index is 1.40. The minimum absolute atomic E-state index is 0.153. The van der Waals surface area contributed by atoms with E-state index in [4.69, 9.17) is 24.1 Å². The van der Waals surface area contributed by atoms with Crippen LogP contribution in [0.3, 0.4) is 0 Å². The van der Waals surface area contributed by atoms with Gasteiger partial charge in [-0.25, -0.2) is 0 Å². The molecule has 0 bridgehead atoms. The zero-order chi connectivity index (χ0) is 24.2. The Bertz CT molecular complexity index is 1320. The molecule has 0 amide bonds. The number of nitrogens with zero attached hydrogens (tertiary/aromatic N) is 2. The van der Waals surface area contributed by atoms with Crippen molar-refractivity contribution in [2.45, 2.75) is 18.7 Å². The van der Waals surface area contributed by atoms with E-state index in [-0.39, 0.29) is 18.6 Å². The Morgan fingerprint density at radius 2 is 1.97 bits per heavy atom. The van der Waals surface area contributed by atoms with Gasteiger partial charge < -0.3 is 23.8 Å². The number of nitrogens with one attached hydrogen (secondary N) is 1. The maximum Gasteiger partial charge on any atom is 0.231 e. The summed E-state index contributed by atoms with van der Waals surface area (Å²) in [7, 11) is 1.57. The number of pyridine rings is 1. The van der Waals surface area contributed by atoms with Crippen LogP contribution in [-0.4, -0.2) is 34.9 Å². The third-order valence-electron chi connectivity index (χ3n) is 5.81. The van der Waals surface area contributed by atoms with Crippen molar-refractivity contribution in [1.82, 2.24) is 15.5 Å². The van der Waals surface area contributed by atoms with Gasteiger partial charge in [-0.3, -0.25) is 15.7 Å². The highest BCUT2D eigenvalue weighted by molar-refractivity contribution is 5.96. The standard InChI is InChI=1S/C26H24N4O5/c1-32-26(21-13-24(35-30-21)16-8-9-23-25(11-16)34-15-33-23)29-20(18-6-2-3-7-22(18)31)12-19(27)17-5-4-10-28-14-17/h2-11,13-14,20,26-27,29,31H,12,15H2,1H3/p+1. The number of phenols is 1. The molecule has 0 aliphatic carbocycles. The molecule has 2 aromatic carbocycles. The van der Waals surface area contributed by atoms with E-state index in [1.807, 2.05) is 42.5 Å². The van der Waals surface area contributed by atoms with Crippen LogP contribution in [0.4, 0.5) is 0 Å². The van der Waals surface area contributed by atoms with Gasteiger partial charge in [-0.15, -0.1) is 0 Å². The normalized spacial score (nSPS) is 14.0. The molecule has 1 aliphatic heterocycles. The van der Waals surface area contributed by atoms with Crippen molar-refractivity contribution in [2.24, 2.45) is 0 Å². The van der Waals surface area contributed by atoms with Crippen molar-refractivity contribution < 1.29 is 29.2 Å². The highest BCUT2D eigenvalue weighted by Crippen LogP contribution is 2.37. The Morgan fingerprint density at radius 3 is 2.77 bits per heavy atom. The van der Waals surface area contributed by atoms with Gasteiger partial charge in [0, 0.05) is 42.7 Å². The number of para-hydroxylation sites is 1. The first kappa shape index (κ1) is 22.6. The van der Waals surface area contributed by atoms with Crippen LogP contribution in [0.25, 0.3) is 11.3 Å². The van der Waals surface area contributed by atoms with Crippen LogP contribution in [0, 0.1) is 0 Å². The number of ether oxygens (including phenoxy) is 3. The predicted molar refractivity (Wildman–Crippen MR) is 127 cm³/mol.